The van der Waals surface area contributed by atoms with E-state index in [1.54, 1.807) is 26.8 Å². The number of nitrogens with zero attached hydrogens (tertiary/aromatic N) is 1. The van der Waals surface area contributed by atoms with Crippen LogP contribution in [0.15, 0.2) is 12.7 Å². The third-order valence-corrected chi connectivity index (χ3v) is 2.29. The van der Waals surface area contributed by atoms with Gasteiger partial charge in [-0.05, 0) is 20.8 Å². The molecule has 0 radical (unpaired) electrons. The molecule has 5 nitrogen and oxygen atoms in total. The molecule has 5 heteroatoms. The summed E-state index contributed by atoms with van der Waals surface area (Å²) >= 11 is 0. The minimum Gasteiger partial charge on any atom is -0.465 e. The van der Waals surface area contributed by atoms with Crippen molar-refractivity contribution in [2.75, 3.05) is 26.8 Å². The van der Waals surface area contributed by atoms with Crippen molar-refractivity contribution in [2.45, 2.75) is 26.4 Å². The molecule has 0 saturated heterocycles. The summed E-state index contributed by atoms with van der Waals surface area (Å²) in [6.45, 7) is 9.06. The van der Waals surface area contributed by atoms with E-state index < -0.39 is 11.6 Å². The van der Waals surface area contributed by atoms with Gasteiger partial charge >= 0.3 is 5.97 Å². The molecule has 1 amide bonds. The first-order valence-electron chi connectivity index (χ1n) is 5.50. The first-order valence-corrected chi connectivity index (χ1v) is 5.50. The molecule has 0 aliphatic carbocycles. The molecule has 0 atom stereocenters. The first kappa shape index (κ1) is 15.6. The molecule has 0 spiro atoms. The minimum atomic E-state index is -0.963. The van der Waals surface area contributed by atoms with Gasteiger partial charge in [-0.25, -0.2) is 0 Å². The smallest absolute Gasteiger partial charge is 0.325 e. The lowest BCUT2D eigenvalue weighted by Crippen LogP contribution is -2.48. The van der Waals surface area contributed by atoms with Gasteiger partial charge in [0.05, 0.1) is 6.61 Å². The van der Waals surface area contributed by atoms with Crippen LogP contribution in [0.2, 0.25) is 0 Å². The molecule has 0 aromatic carbocycles. The average Bonchev–Trinajstić information content (AvgIpc) is 2.27. The first-order chi connectivity index (χ1) is 7.88. The molecule has 0 rings (SSSR count). The van der Waals surface area contributed by atoms with Gasteiger partial charge in [0.2, 0.25) is 0 Å². The highest BCUT2D eigenvalue weighted by Gasteiger charge is 2.32. The second-order valence-electron chi connectivity index (χ2n) is 3.99. The molecule has 0 aliphatic rings. The summed E-state index contributed by atoms with van der Waals surface area (Å²) < 4.78 is 9.90. The van der Waals surface area contributed by atoms with Gasteiger partial charge in [0.15, 0.2) is 0 Å². The van der Waals surface area contributed by atoms with E-state index in [0.717, 1.165) is 0 Å². The van der Waals surface area contributed by atoms with E-state index in [1.165, 1.54) is 12.0 Å². The zero-order valence-electron chi connectivity index (χ0n) is 11.0. The van der Waals surface area contributed by atoms with Crippen LogP contribution in [0.1, 0.15) is 20.8 Å². The van der Waals surface area contributed by atoms with Gasteiger partial charge in [-0.1, -0.05) is 6.08 Å². The molecule has 0 heterocycles. The monoisotopic (exact) mass is 243 g/mol. The Kier molecular flexibility index (Phi) is 6.50. The van der Waals surface area contributed by atoms with E-state index in [0.29, 0.717) is 6.61 Å². The van der Waals surface area contributed by atoms with Crippen molar-refractivity contribution in [3.63, 3.8) is 0 Å². The number of hydrogen-bond acceptors (Lipinski definition) is 4. The summed E-state index contributed by atoms with van der Waals surface area (Å²) in [6.07, 6.45) is 1.56. The highest BCUT2D eigenvalue weighted by atomic mass is 16.5. The maximum atomic E-state index is 12.1. The number of amides is 1. The summed E-state index contributed by atoms with van der Waals surface area (Å²) in [4.78, 5) is 24.8. The summed E-state index contributed by atoms with van der Waals surface area (Å²) in [5, 5.41) is 0. The third-order valence-electron chi connectivity index (χ3n) is 2.29. The minimum absolute atomic E-state index is 0.0918. The van der Waals surface area contributed by atoms with Crippen LogP contribution in [0.3, 0.4) is 0 Å². The van der Waals surface area contributed by atoms with E-state index in [9.17, 15) is 9.59 Å². The molecule has 0 aromatic rings. The Hall–Kier alpha value is -1.36. The predicted molar refractivity (Wildman–Crippen MR) is 64.5 cm³/mol. The number of esters is 1. The second kappa shape index (κ2) is 7.06. The van der Waals surface area contributed by atoms with E-state index in [-0.39, 0.29) is 19.0 Å². The van der Waals surface area contributed by atoms with Crippen LogP contribution >= 0.6 is 0 Å². The number of ether oxygens (including phenoxy) is 2. The van der Waals surface area contributed by atoms with Crippen LogP contribution in [-0.4, -0.2) is 49.2 Å². The molecule has 0 aromatic heterocycles. The lowest BCUT2D eigenvalue weighted by Gasteiger charge is -2.29. The van der Waals surface area contributed by atoms with Gasteiger partial charge in [-0.15, -0.1) is 6.58 Å². The standard InChI is InChI=1S/C12H21NO4/c1-6-8-13(9-10(14)17-7-2)11(15)12(3,4)16-5/h6H,1,7-9H2,2-5H3. The normalized spacial score (nSPS) is 10.8. The Balaban J connectivity index is 4.67. The van der Waals surface area contributed by atoms with Crippen molar-refractivity contribution in [1.29, 1.82) is 0 Å². The average molecular weight is 243 g/mol. The summed E-state index contributed by atoms with van der Waals surface area (Å²) in [5.41, 5.74) is -0.963. The van der Waals surface area contributed by atoms with Crippen LogP contribution in [0, 0.1) is 0 Å². The lowest BCUT2D eigenvalue weighted by molar-refractivity contribution is -0.157. The number of rotatable bonds is 7. The van der Waals surface area contributed by atoms with E-state index >= 15 is 0 Å². The van der Waals surface area contributed by atoms with Crippen LogP contribution in [0.5, 0.6) is 0 Å². The van der Waals surface area contributed by atoms with Crippen molar-refractivity contribution in [1.82, 2.24) is 4.90 Å². The number of carbonyl (C=O) groups excluding carboxylic acids is 2. The van der Waals surface area contributed by atoms with Crippen molar-refractivity contribution in [2.24, 2.45) is 0 Å². The highest BCUT2D eigenvalue weighted by molar-refractivity contribution is 5.87. The van der Waals surface area contributed by atoms with Gasteiger partial charge in [0, 0.05) is 13.7 Å². The fourth-order valence-corrected chi connectivity index (χ4v) is 1.21. The van der Waals surface area contributed by atoms with Crippen molar-refractivity contribution >= 4 is 11.9 Å². The molecule has 0 fully saturated rings. The fourth-order valence-electron chi connectivity index (χ4n) is 1.21. The highest BCUT2D eigenvalue weighted by Crippen LogP contribution is 2.12. The zero-order valence-corrected chi connectivity index (χ0v) is 11.0. The molecular formula is C12H21NO4. The second-order valence-corrected chi connectivity index (χ2v) is 3.99. The van der Waals surface area contributed by atoms with Crippen molar-refractivity contribution < 1.29 is 19.1 Å². The SMILES string of the molecule is C=CCN(CC(=O)OCC)C(=O)C(C)(C)OC. The Morgan fingerprint density at radius 3 is 2.41 bits per heavy atom. The number of carbonyl (C=O) groups is 2. The van der Waals surface area contributed by atoms with Crippen LogP contribution in [-0.2, 0) is 19.1 Å². The maximum Gasteiger partial charge on any atom is 0.325 e. The fraction of sp³-hybridized carbons (Fsp3) is 0.667. The molecule has 17 heavy (non-hydrogen) atoms. The van der Waals surface area contributed by atoms with Crippen molar-refractivity contribution in [3.05, 3.63) is 12.7 Å². The quantitative estimate of drug-likeness (QED) is 0.494. The number of hydrogen-bond donors (Lipinski definition) is 0. The molecule has 0 unspecified atom stereocenters. The Labute approximate surface area is 102 Å². The van der Waals surface area contributed by atoms with Gasteiger partial charge in [-0.2, -0.15) is 0 Å². The van der Waals surface area contributed by atoms with Gasteiger partial charge in [0.1, 0.15) is 12.1 Å². The molecule has 98 valence electrons. The Morgan fingerprint density at radius 1 is 1.41 bits per heavy atom. The lowest BCUT2D eigenvalue weighted by atomic mass is 10.1. The summed E-state index contributed by atoms with van der Waals surface area (Å²) in [7, 11) is 1.45. The number of methoxy groups -OCH3 is 1. The van der Waals surface area contributed by atoms with Crippen LogP contribution < -0.4 is 0 Å². The van der Waals surface area contributed by atoms with E-state index in [1.807, 2.05) is 0 Å². The molecule has 0 aliphatic heterocycles. The summed E-state index contributed by atoms with van der Waals surface area (Å²) in [5.74, 6) is -0.706. The third kappa shape index (κ3) is 4.99. The molecular weight excluding hydrogens is 222 g/mol. The summed E-state index contributed by atoms with van der Waals surface area (Å²) in [6, 6.07) is 0. The van der Waals surface area contributed by atoms with Gasteiger partial charge < -0.3 is 14.4 Å². The van der Waals surface area contributed by atoms with Crippen LogP contribution in [0.4, 0.5) is 0 Å². The van der Waals surface area contributed by atoms with Crippen molar-refractivity contribution in [3.8, 4) is 0 Å². The maximum absolute atomic E-state index is 12.1. The van der Waals surface area contributed by atoms with Crippen LogP contribution in [0.25, 0.3) is 0 Å². The molecule has 0 N–H and O–H groups in total. The Bertz CT molecular complexity index is 286. The van der Waals surface area contributed by atoms with E-state index in [4.69, 9.17) is 9.47 Å². The molecule has 0 bridgehead atoms. The van der Waals surface area contributed by atoms with E-state index in [2.05, 4.69) is 6.58 Å². The van der Waals surface area contributed by atoms with Gasteiger partial charge in [0.25, 0.3) is 5.91 Å². The largest absolute Gasteiger partial charge is 0.465 e. The Morgan fingerprint density at radius 2 is 2.00 bits per heavy atom. The zero-order chi connectivity index (χ0) is 13.5. The topological polar surface area (TPSA) is 55.8 Å². The molecule has 0 saturated carbocycles. The predicted octanol–water partition coefficient (Wildman–Crippen LogP) is 0.989. The van der Waals surface area contributed by atoms with Gasteiger partial charge in [-0.3, -0.25) is 9.59 Å².